The zero-order valence-electron chi connectivity index (χ0n) is 11.3. The Bertz CT molecular complexity index is 478. The van der Waals surface area contributed by atoms with Gasteiger partial charge in [-0.25, -0.2) is 4.98 Å². The maximum atomic E-state index is 10.7. The van der Waals surface area contributed by atoms with Crippen molar-refractivity contribution in [1.29, 1.82) is 0 Å². The topological polar surface area (TPSA) is 94.1 Å². The molecule has 0 amide bonds. The van der Waals surface area contributed by atoms with Gasteiger partial charge in [-0.2, -0.15) is 0 Å². The predicted molar refractivity (Wildman–Crippen MR) is 74.9 cm³/mol. The van der Waals surface area contributed by atoms with Crippen molar-refractivity contribution in [2.75, 3.05) is 11.1 Å². The lowest BCUT2D eigenvalue weighted by molar-refractivity contribution is -0.384. The van der Waals surface area contributed by atoms with Gasteiger partial charge in [0, 0.05) is 12.1 Å². The molecule has 1 aliphatic rings. The first-order valence-electron chi connectivity index (χ1n) is 6.70. The van der Waals surface area contributed by atoms with Crippen LogP contribution in [0.3, 0.4) is 0 Å². The third kappa shape index (κ3) is 2.77. The van der Waals surface area contributed by atoms with Gasteiger partial charge in [0.05, 0.1) is 4.92 Å². The molecule has 3 N–H and O–H groups in total. The Hall–Kier alpha value is -1.85. The molecule has 1 saturated carbocycles. The van der Waals surface area contributed by atoms with Crippen molar-refractivity contribution in [3.8, 4) is 0 Å². The minimum Gasteiger partial charge on any atom is -0.378 e. The summed E-state index contributed by atoms with van der Waals surface area (Å²) in [5.41, 5.74) is 5.45. The van der Waals surface area contributed by atoms with Crippen LogP contribution >= 0.6 is 0 Å². The third-order valence-electron chi connectivity index (χ3n) is 4.18. The first-order chi connectivity index (χ1) is 9.02. The first-order valence-corrected chi connectivity index (χ1v) is 6.70. The van der Waals surface area contributed by atoms with Crippen LogP contribution in [0.5, 0.6) is 0 Å². The van der Waals surface area contributed by atoms with Crippen molar-refractivity contribution in [2.45, 2.75) is 39.2 Å². The molecular formula is C13H20N4O2. The molecule has 2 rings (SSSR count). The largest absolute Gasteiger partial charge is 0.378 e. The van der Waals surface area contributed by atoms with E-state index in [9.17, 15) is 10.1 Å². The Morgan fingerprint density at radius 2 is 2.26 bits per heavy atom. The summed E-state index contributed by atoms with van der Waals surface area (Å²) in [6.07, 6.45) is 3.52. The predicted octanol–water partition coefficient (Wildman–Crippen LogP) is 2.81. The van der Waals surface area contributed by atoms with Crippen LogP contribution < -0.4 is 11.1 Å². The van der Waals surface area contributed by atoms with Crippen LogP contribution in [-0.2, 0) is 0 Å². The molecule has 19 heavy (non-hydrogen) atoms. The summed E-state index contributed by atoms with van der Waals surface area (Å²) in [5.74, 6) is 1.92. The second kappa shape index (κ2) is 5.42. The number of aromatic nitrogens is 1. The van der Waals surface area contributed by atoms with Gasteiger partial charge >= 0.3 is 5.69 Å². The SMILES string of the molecule is CCC1CCC(Nc2ccc([N+](=O)[O-])c(N)n2)C1C. The van der Waals surface area contributed by atoms with Gasteiger partial charge < -0.3 is 11.1 Å². The van der Waals surface area contributed by atoms with Gasteiger partial charge in [-0.1, -0.05) is 20.3 Å². The molecule has 1 fully saturated rings. The molecule has 1 aromatic heterocycles. The smallest absolute Gasteiger partial charge is 0.311 e. The molecule has 3 atom stereocenters. The number of nitro groups is 1. The maximum Gasteiger partial charge on any atom is 0.311 e. The highest BCUT2D eigenvalue weighted by Crippen LogP contribution is 2.35. The van der Waals surface area contributed by atoms with Crippen molar-refractivity contribution in [2.24, 2.45) is 11.8 Å². The Morgan fingerprint density at radius 3 is 2.79 bits per heavy atom. The van der Waals surface area contributed by atoms with Gasteiger partial charge in [0.2, 0.25) is 5.82 Å². The second-order valence-corrected chi connectivity index (χ2v) is 5.21. The van der Waals surface area contributed by atoms with Crippen molar-refractivity contribution in [3.05, 3.63) is 22.2 Å². The normalized spacial score (nSPS) is 26.3. The van der Waals surface area contributed by atoms with Gasteiger partial charge in [0.1, 0.15) is 5.82 Å². The minimum absolute atomic E-state index is 0.0345. The quantitative estimate of drug-likeness (QED) is 0.644. The maximum absolute atomic E-state index is 10.7. The van der Waals surface area contributed by atoms with E-state index in [1.54, 1.807) is 6.07 Å². The summed E-state index contributed by atoms with van der Waals surface area (Å²) in [5, 5.41) is 14.0. The summed E-state index contributed by atoms with van der Waals surface area (Å²) in [7, 11) is 0. The average molecular weight is 264 g/mol. The van der Waals surface area contributed by atoms with E-state index >= 15 is 0 Å². The highest BCUT2D eigenvalue weighted by molar-refractivity contribution is 5.57. The van der Waals surface area contributed by atoms with Gasteiger partial charge in [0.15, 0.2) is 0 Å². The number of rotatable bonds is 4. The van der Waals surface area contributed by atoms with Crippen LogP contribution in [0.4, 0.5) is 17.3 Å². The molecule has 1 aromatic rings. The van der Waals surface area contributed by atoms with E-state index in [4.69, 9.17) is 5.73 Å². The second-order valence-electron chi connectivity index (χ2n) is 5.21. The van der Waals surface area contributed by atoms with Gasteiger partial charge in [-0.05, 0) is 30.7 Å². The molecule has 0 aromatic carbocycles. The van der Waals surface area contributed by atoms with E-state index in [1.165, 1.54) is 18.9 Å². The van der Waals surface area contributed by atoms with Crippen molar-refractivity contribution >= 4 is 17.3 Å². The lowest BCUT2D eigenvalue weighted by atomic mass is 9.93. The van der Waals surface area contributed by atoms with E-state index in [0.29, 0.717) is 17.8 Å². The van der Waals surface area contributed by atoms with E-state index in [1.807, 2.05) is 0 Å². The third-order valence-corrected chi connectivity index (χ3v) is 4.18. The molecule has 3 unspecified atom stereocenters. The molecule has 1 aliphatic carbocycles. The Balaban J connectivity index is 2.08. The summed E-state index contributed by atoms with van der Waals surface area (Å²) < 4.78 is 0. The summed E-state index contributed by atoms with van der Waals surface area (Å²) in [6.45, 7) is 4.46. The standard InChI is InChI=1S/C13H20N4O2/c1-3-9-4-5-10(8(9)2)15-12-7-6-11(17(18)19)13(14)16-12/h6-10H,3-5H2,1-2H3,(H3,14,15,16). The fourth-order valence-electron chi connectivity index (χ4n) is 2.92. The van der Waals surface area contributed by atoms with Crippen LogP contribution in [0.2, 0.25) is 0 Å². The van der Waals surface area contributed by atoms with Gasteiger partial charge in [-0.15, -0.1) is 0 Å². The van der Waals surface area contributed by atoms with Gasteiger partial charge in [-0.3, -0.25) is 10.1 Å². The van der Waals surface area contributed by atoms with Crippen LogP contribution in [-0.4, -0.2) is 15.9 Å². The van der Waals surface area contributed by atoms with Crippen LogP contribution in [0.1, 0.15) is 33.1 Å². The summed E-state index contributed by atoms with van der Waals surface area (Å²) in [6, 6.07) is 3.40. The molecule has 0 bridgehead atoms. The monoisotopic (exact) mass is 264 g/mol. The number of anilines is 2. The highest BCUT2D eigenvalue weighted by Gasteiger charge is 2.31. The molecule has 0 aliphatic heterocycles. The fraction of sp³-hybridized carbons (Fsp3) is 0.615. The summed E-state index contributed by atoms with van der Waals surface area (Å²) in [4.78, 5) is 14.2. The number of nitrogen functional groups attached to an aromatic ring is 1. The summed E-state index contributed by atoms with van der Waals surface area (Å²) >= 11 is 0. The Labute approximate surface area is 112 Å². The van der Waals surface area contributed by atoms with Crippen molar-refractivity contribution < 1.29 is 4.92 Å². The Kier molecular flexibility index (Phi) is 3.87. The molecular weight excluding hydrogens is 244 g/mol. The fourth-order valence-corrected chi connectivity index (χ4v) is 2.92. The lowest BCUT2D eigenvalue weighted by Crippen LogP contribution is -2.25. The number of pyridine rings is 1. The molecule has 104 valence electrons. The van der Waals surface area contributed by atoms with Crippen LogP contribution in [0.15, 0.2) is 12.1 Å². The van der Waals surface area contributed by atoms with E-state index in [-0.39, 0.29) is 11.5 Å². The number of nitrogens with two attached hydrogens (primary N) is 1. The van der Waals surface area contributed by atoms with Gasteiger partial charge in [0.25, 0.3) is 0 Å². The molecule has 0 saturated heterocycles. The minimum atomic E-state index is -0.516. The zero-order valence-corrected chi connectivity index (χ0v) is 11.3. The average Bonchev–Trinajstić information content (AvgIpc) is 2.70. The number of hydrogen-bond acceptors (Lipinski definition) is 5. The van der Waals surface area contributed by atoms with E-state index in [2.05, 4.69) is 24.1 Å². The molecule has 0 radical (unpaired) electrons. The van der Waals surface area contributed by atoms with E-state index < -0.39 is 4.92 Å². The first kappa shape index (κ1) is 13.6. The number of hydrogen-bond donors (Lipinski definition) is 2. The molecule has 6 heteroatoms. The number of nitrogens with one attached hydrogen (secondary N) is 1. The molecule has 0 spiro atoms. The molecule has 1 heterocycles. The van der Waals surface area contributed by atoms with Crippen molar-refractivity contribution in [1.82, 2.24) is 4.98 Å². The zero-order chi connectivity index (χ0) is 14.0. The highest BCUT2D eigenvalue weighted by atomic mass is 16.6. The van der Waals surface area contributed by atoms with E-state index in [0.717, 1.165) is 12.3 Å². The number of nitrogens with zero attached hydrogens (tertiary/aromatic N) is 2. The van der Waals surface area contributed by atoms with Crippen molar-refractivity contribution in [3.63, 3.8) is 0 Å². The molecule has 6 nitrogen and oxygen atoms in total. The lowest BCUT2D eigenvalue weighted by Gasteiger charge is -2.21. The van der Waals surface area contributed by atoms with Crippen LogP contribution in [0.25, 0.3) is 0 Å². The Morgan fingerprint density at radius 1 is 1.53 bits per heavy atom. The van der Waals surface area contributed by atoms with Crippen LogP contribution in [0, 0.1) is 22.0 Å².